The zero-order valence-corrected chi connectivity index (χ0v) is 26.6. The topological polar surface area (TPSA) is 71.7 Å². The molecule has 2 aromatic carbocycles. The number of H-pyrrole nitrogens is 1. The fraction of sp³-hybridized carbons (Fsp3) is 0.484. The van der Waals surface area contributed by atoms with Crippen LogP contribution >= 0.6 is 24.8 Å². The summed E-state index contributed by atoms with van der Waals surface area (Å²) in [5.74, 6) is -1.10. The predicted octanol–water partition coefficient (Wildman–Crippen LogP) is 6.02. The molecule has 0 aliphatic carbocycles. The fourth-order valence-electron chi connectivity index (χ4n) is 6.10. The molecule has 3 aromatic rings. The van der Waals surface area contributed by atoms with Crippen LogP contribution in [0.1, 0.15) is 46.3 Å². The molecule has 0 radical (unpaired) electrons. The second-order valence-electron chi connectivity index (χ2n) is 11.5. The van der Waals surface area contributed by atoms with E-state index < -0.39 is 41.0 Å². The molecule has 2 saturated heterocycles. The number of para-hydroxylation sites is 1. The van der Waals surface area contributed by atoms with Gasteiger partial charge in [-0.2, -0.15) is 26.3 Å². The minimum absolute atomic E-state index is 0. The van der Waals surface area contributed by atoms with Crippen LogP contribution in [0.2, 0.25) is 0 Å². The van der Waals surface area contributed by atoms with Crippen LogP contribution < -0.4 is 5.32 Å². The van der Waals surface area contributed by atoms with Crippen LogP contribution in [0.15, 0.2) is 48.7 Å². The van der Waals surface area contributed by atoms with Crippen LogP contribution in [0.5, 0.6) is 0 Å². The van der Waals surface area contributed by atoms with Crippen LogP contribution in [0.3, 0.4) is 0 Å². The molecule has 254 valence electrons. The third-order valence-electron chi connectivity index (χ3n) is 8.36. The van der Waals surface area contributed by atoms with Gasteiger partial charge in [-0.05, 0) is 62.2 Å². The van der Waals surface area contributed by atoms with E-state index in [1.54, 1.807) is 6.20 Å². The molecule has 46 heavy (non-hydrogen) atoms. The first-order valence-corrected chi connectivity index (χ1v) is 14.8. The number of fused-ring (bicyclic) bond motifs is 1. The van der Waals surface area contributed by atoms with Crippen LogP contribution in [0, 0.1) is 0 Å². The van der Waals surface area contributed by atoms with E-state index in [1.807, 2.05) is 29.2 Å². The summed E-state index contributed by atoms with van der Waals surface area (Å²) in [6, 6.07) is 7.84. The van der Waals surface area contributed by atoms with Crippen molar-refractivity contribution in [3.05, 3.63) is 70.9 Å². The number of benzene rings is 2. The van der Waals surface area contributed by atoms with Gasteiger partial charge in [-0.25, -0.2) is 0 Å². The summed E-state index contributed by atoms with van der Waals surface area (Å²) in [5, 5.41) is 3.84. The summed E-state index contributed by atoms with van der Waals surface area (Å²) in [7, 11) is 0. The molecule has 2 fully saturated rings. The smallest absolute Gasteiger partial charge is 0.361 e. The summed E-state index contributed by atoms with van der Waals surface area (Å²) < 4.78 is 81.3. The highest BCUT2D eigenvalue weighted by atomic mass is 35.5. The molecule has 0 saturated carbocycles. The summed E-state index contributed by atoms with van der Waals surface area (Å²) in [6.45, 7) is 3.84. The Kier molecular flexibility index (Phi) is 12.8. The number of carbonyl (C=O) groups is 2. The Morgan fingerprint density at radius 1 is 0.848 bits per heavy atom. The Bertz CT molecular complexity index is 1440. The van der Waals surface area contributed by atoms with E-state index in [2.05, 4.69) is 15.2 Å². The molecule has 7 nitrogen and oxygen atoms in total. The van der Waals surface area contributed by atoms with Crippen molar-refractivity contribution < 1.29 is 35.9 Å². The molecule has 5 rings (SSSR count). The van der Waals surface area contributed by atoms with Crippen molar-refractivity contribution in [2.75, 3.05) is 52.4 Å². The molecule has 2 N–H and O–H groups in total. The second-order valence-corrected chi connectivity index (χ2v) is 11.5. The molecule has 0 spiro atoms. The number of rotatable bonds is 8. The normalized spacial score (nSPS) is 18.1. The maximum Gasteiger partial charge on any atom is 0.416 e. The van der Waals surface area contributed by atoms with Crippen LogP contribution in [-0.4, -0.2) is 89.9 Å². The van der Waals surface area contributed by atoms with Gasteiger partial charge in [0.25, 0.3) is 5.91 Å². The number of hydrogen-bond donors (Lipinski definition) is 2. The van der Waals surface area contributed by atoms with Gasteiger partial charge in [0, 0.05) is 61.4 Å². The Labute approximate surface area is 275 Å². The van der Waals surface area contributed by atoms with Gasteiger partial charge in [0.15, 0.2) is 0 Å². The standard InChI is InChI=1S/C31H35F6N5O2.2ClH/c32-30(33,34)23-14-21(15-24(17-23)31(35,36)37)29(44)42-13-12-41(20-28(43)38-8-11-40-9-4-1-5-10-40)19-25(42)16-22-18-39-27-7-3-2-6-26(22)27;;/h2-3,6-7,14-15,17-18,25,39H,1,4-5,8-13,16,19-20H2,(H,38,43);2*1H. The zero-order valence-electron chi connectivity index (χ0n) is 24.9. The molecule has 3 heterocycles. The van der Waals surface area contributed by atoms with Gasteiger partial charge in [0.2, 0.25) is 5.91 Å². The third-order valence-corrected chi connectivity index (χ3v) is 8.36. The number of aromatic nitrogens is 1. The summed E-state index contributed by atoms with van der Waals surface area (Å²) in [5.41, 5.74) is -2.06. The van der Waals surface area contributed by atoms with Gasteiger partial charge < -0.3 is 20.1 Å². The number of nitrogens with one attached hydrogen (secondary N) is 2. The highest BCUT2D eigenvalue weighted by Gasteiger charge is 2.39. The number of nitrogens with zero attached hydrogens (tertiary/aromatic N) is 3. The van der Waals surface area contributed by atoms with E-state index in [0.29, 0.717) is 18.7 Å². The molecular weight excluding hydrogens is 659 g/mol. The van der Waals surface area contributed by atoms with Gasteiger partial charge in [0.05, 0.1) is 17.7 Å². The average Bonchev–Trinajstić information content (AvgIpc) is 3.39. The van der Waals surface area contributed by atoms with E-state index in [0.717, 1.165) is 48.9 Å². The monoisotopic (exact) mass is 695 g/mol. The zero-order chi connectivity index (χ0) is 31.5. The first-order valence-electron chi connectivity index (χ1n) is 14.8. The molecule has 1 aromatic heterocycles. The molecule has 2 amide bonds. The Morgan fingerprint density at radius 3 is 2.15 bits per heavy atom. The molecule has 2 aliphatic heterocycles. The number of piperidine rings is 1. The minimum atomic E-state index is -5.07. The predicted molar refractivity (Wildman–Crippen MR) is 168 cm³/mol. The highest BCUT2D eigenvalue weighted by molar-refractivity contribution is 5.95. The second kappa shape index (κ2) is 15.7. The quantitative estimate of drug-likeness (QED) is 0.283. The van der Waals surface area contributed by atoms with Crippen molar-refractivity contribution in [3.63, 3.8) is 0 Å². The van der Waals surface area contributed by atoms with Crippen LogP contribution in [-0.2, 0) is 23.6 Å². The number of piperazine rings is 1. The maximum atomic E-state index is 13.7. The fourth-order valence-corrected chi connectivity index (χ4v) is 6.10. The average molecular weight is 697 g/mol. The molecule has 1 atom stereocenters. The lowest BCUT2D eigenvalue weighted by molar-refractivity contribution is -0.143. The summed E-state index contributed by atoms with van der Waals surface area (Å²) in [4.78, 5) is 35.1. The van der Waals surface area contributed by atoms with Crippen molar-refractivity contribution in [2.24, 2.45) is 0 Å². The SMILES string of the molecule is Cl.Cl.O=C(CN1CCN(C(=O)c2cc(C(F)(F)F)cc(C(F)(F)F)c2)C(Cc2c[nH]c3ccccc23)C1)NCCN1CCCCC1. The lowest BCUT2D eigenvalue weighted by Gasteiger charge is -2.41. The molecule has 2 aliphatic rings. The molecule has 1 unspecified atom stereocenters. The van der Waals surface area contributed by atoms with Crippen molar-refractivity contribution in [3.8, 4) is 0 Å². The van der Waals surface area contributed by atoms with E-state index in [4.69, 9.17) is 0 Å². The summed E-state index contributed by atoms with van der Waals surface area (Å²) >= 11 is 0. The molecular formula is C31H37Cl2F6N5O2. The lowest BCUT2D eigenvalue weighted by atomic mass is 9.98. The first-order chi connectivity index (χ1) is 20.9. The van der Waals surface area contributed by atoms with Crippen molar-refractivity contribution in [2.45, 2.75) is 44.1 Å². The van der Waals surface area contributed by atoms with Gasteiger partial charge >= 0.3 is 12.4 Å². The Morgan fingerprint density at radius 2 is 1.50 bits per heavy atom. The van der Waals surface area contributed by atoms with Gasteiger partial charge in [0.1, 0.15) is 0 Å². The first kappa shape index (κ1) is 37.5. The number of carbonyl (C=O) groups excluding carboxylic acids is 2. The maximum absolute atomic E-state index is 13.7. The van der Waals surface area contributed by atoms with E-state index in [9.17, 15) is 35.9 Å². The minimum Gasteiger partial charge on any atom is -0.361 e. The lowest BCUT2D eigenvalue weighted by Crippen LogP contribution is -2.57. The third kappa shape index (κ3) is 9.30. The van der Waals surface area contributed by atoms with E-state index in [1.165, 1.54) is 11.3 Å². The number of likely N-dealkylation sites (tertiary alicyclic amines) is 1. The van der Waals surface area contributed by atoms with Gasteiger partial charge in [-0.3, -0.25) is 14.5 Å². The van der Waals surface area contributed by atoms with E-state index in [-0.39, 0.29) is 69.4 Å². The van der Waals surface area contributed by atoms with Crippen molar-refractivity contribution in [1.29, 1.82) is 0 Å². The Hall–Kier alpha value is -3.00. The van der Waals surface area contributed by atoms with Crippen LogP contribution in [0.25, 0.3) is 10.9 Å². The number of amides is 2. The number of alkyl halides is 6. The van der Waals surface area contributed by atoms with Crippen LogP contribution in [0.4, 0.5) is 26.3 Å². The van der Waals surface area contributed by atoms with Gasteiger partial charge in [-0.1, -0.05) is 24.6 Å². The highest BCUT2D eigenvalue weighted by Crippen LogP contribution is 2.37. The largest absolute Gasteiger partial charge is 0.416 e. The number of halogens is 8. The summed E-state index contributed by atoms with van der Waals surface area (Å²) in [6.07, 6.45) is -4.56. The van der Waals surface area contributed by atoms with Gasteiger partial charge in [-0.15, -0.1) is 24.8 Å². The number of aromatic amines is 1. The molecule has 0 bridgehead atoms. The number of hydrogen-bond acceptors (Lipinski definition) is 4. The van der Waals surface area contributed by atoms with Crippen molar-refractivity contribution >= 4 is 47.5 Å². The Balaban J connectivity index is 0.00000288. The van der Waals surface area contributed by atoms with E-state index >= 15 is 0 Å². The molecule has 15 heteroatoms. The van der Waals surface area contributed by atoms with Crippen molar-refractivity contribution in [1.82, 2.24) is 25.0 Å².